The zero-order chi connectivity index (χ0) is 18.1. The number of aliphatic hydroxyl groups is 1. The van der Waals surface area contributed by atoms with Crippen molar-refractivity contribution in [2.45, 2.75) is 57.1 Å². The molecule has 1 N–H and O–H groups in total. The van der Waals surface area contributed by atoms with Crippen LogP contribution in [-0.4, -0.2) is 52.7 Å². The summed E-state index contributed by atoms with van der Waals surface area (Å²) >= 11 is 0. The number of hydrogen-bond acceptors (Lipinski definition) is 5. The number of hydrogen-bond donors (Lipinski definition) is 1. The molecule has 4 rings (SSSR count). The molecule has 6 nitrogen and oxygen atoms in total. The van der Waals surface area contributed by atoms with Gasteiger partial charge in [-0.2, -0.15) is 5.26 Å². The second kappa shape index (κ2) is 6.88. The Bertz CT molecular complexity index is 723. The predicted molar refractivity (Wildman–Crippen MR) is 97.4 cm³/mol. The van der Waals surface area contributed by atoms with Crippen LogP contribution in [0.5, 0.6) is 0 Å². The number of nitriles is 1. The van der Waals surface area contributed by atoms with Crippen molar-refractivity contribution in [3.8, 4) is 6.07 Å². The highest BCUT2D eigenvalue weighted by molar-refractivity contribution is 5.86. The minimum atomic E-state index is -0.307. The molecule has 3 heterocycles. The zero-order valence-corrected chi connectivity index (χ0v) is 15.1. The number of pyridine rings is 1. The molecule has 1 amide bonds. The molecule has 0 aromatic carbocycles. The van der Waals surface area contributed by atoms with Crippen LogP contribution in [0.3, 0.4) is 0 Å². The first-order valence-corrected chi connectivity index (χ1v) is 9.71. The number of amides is 1. The van der Waals surface area contributed by atoms with Gasteiger partial charge in [-0.15, -0.1) is 0 Å². The van der Waals surface area contributed by atoms with E-state index < -0.39 is 0 Å². The summed E-state index contributed by atoms with van der Waals surface area (Å²) in [4.78, 5) is 22.0. The maximum atomic E-state index is 13.3. The fourth-order valence-corrected chi connectivity index (χ4v) is 4.93. The van der Waals surface area contributed by atoms with Crippen LogP contribution in [0, 0.1) is 16.7 Å². The molecule has 138 valence electrons. The molecular weight excluding hydrogens is 328 g/mol. The Morgan fingerprint density at radius 2 is 2.04 bits per heavy atom. The number of anilines is 1. The van der Waals surface area contributed by atoms with Gasteiger partial charge in [0, 0.05) is 31.9 Å². The summed E-state index contributed by atoms with van der Waals surface area (Å²) in [7, 11) is 0. The summed E-state index contributed by atoms with van der Waals surface area (Å²) in [5, 5.41) is 18.9. The lowest BCUT2D eigenvalue weighted by atomic mass is 9.78. The van der Waals surface area contributed by atoms with Gasteiger partial charge in [0.15, 0.2) is 0 Å². The number of piperidine rings is 1. The average Bonchev–Trinajstić information content (AvgIpc) is 2.98. The van der Waals surface area contributed by atoms with Crippen molar-refractivity contribution >= 4 is 11.7 Å². The number of aromatic nitrogens is 1. The molecule has 1 spiro atoms. The molecule has 2 aliphatic heterocycles. The molecule has 3 aliphatic rings. The van der Waals surface area contributed by atoms with Gasteiger partial charge in [-0.05, 0) is 57.1 Å². The molecular formula is C20H26N4O2. The summed E-state index contributed by atoms with van der Waals surface area (Å²) in [6.45, 7) is 2.41. The van der Waals surface area contributed by atoms with E-state index in [2.05, 4.69) is 20.9 Å². The van der Waals surface area contributed by atoms with Crippen molar-refractivity contribution in [3.63, 3.8) is 0 Å². The largest absolute Gasteiger partial charge is 0.393 e. The van der Waals surface area contributed by atoms with Gasteiger partial charge in [-0.3, -0.25) is 4.79 Å². The highest BCUT2D eigenvalue weighted by Gasteiger charge is 2.50. The maximum Gasteiger partial charge on any atom is 0.230 e. The topological polar surface area (TPSA) is 80.5 Å². The number of likely N-dealkylation sites (tertiary alicyclic amines) is 1. The third kappa shape index (κ3) is 3.05. The van der Waals surface area contributed by atoms with Crippen LogP contribution >= 0.6 is 0 Å². The van der Waals surface area contributed by atoms with Gasteiger partial charge in [0.25, 0.3) is 0 Å². The summed E-state index contributed by atoms with van der Waals surface area (Å²) in [6, 6.07) is 5.99. The van der Waals surface area contributed by atoms with Crippen LogP contribution in [0.25, 0.3) is 0 Å². The minimum absolute atomic E-state index is 0.193. The number of rotatable bonds is 2. The Morgan fingerprint density at radius 1 is 1.23 bits per heavy atom. The smallest absolute Gasteiger partial charge is 0.230 e. The highest BCUT2D eigenvalue weighted by Crippen LogP contribution is 2.43. The van der Waals surface area contributed by atoms with Gasteiger partial charge in [-0.1, -0.05) is 0 Å². The molecule has 3 fully saturated rings. The summed E-state index contributed by atoms with van der Waals surface area (Å²) in [5.41, 5.74) is 0.299. The summed E-state index contributed by atoms with van der Waals surface area (Å²) in [5.74, 6) is 1.09. The van der Waals surface area contributed by atoms with Crippen LogP contribution < -0.4 is 4.90 Å². The van der Waals surface area contributed by atoms with Crippen molar-refractivity contribution in [1.29, 1.82) is 5.26 Å². The first-order valence-electron chi connectivity index (χ1n) is 9.71. The fourth-order valence-electron chi connectivity index (χ4n) is 4.93. The standard InChI is InChI=1S/C20H26N4O2/c21-13-15-6-9-22-18(12-15)23-10-1-7-20(14-23)8-11-24(19(20)26)16-2-4-17(25)5-3-16/h6,9,12,16-17,25H,1-5,7-8,10-11,14H2/t16-,17+,20?. The molecule has 26 heavy (non-hydrogen) atoms. The van der Waals surface area contributed by atoms with E-state index >= 15 is 0 Å². The van der Waals surface area contributed by atoms with Crippen LogP contribution in [0.2, 0.25) is 0 Å². The van der Waals surface area contributed by atoms with Crippen LogP contribution in [0.15, 0.2) is 18.3 Å². The fraction of sp³-hybridized carbons (Fsp3) is 0.650. The average molecular weight is 354 g/mol. The second-order valence-electron chi connectivity index (χ2n) is 8.03. The first-order chi connectivity index (χ1) is 12.6. The Kier molecular flexibility index (Phi) is 4.58. The minimum Gasteiger partial charge on any atom is -0.393 e. The number of aliphatic hydroxyl groups excluding tert-OH is 1. The van der Waals surface area contributed by atoms with Gasteiger partial charge in [0.1, 0.15) is 5.82 Å². The van der Waals surface area contributed by atoms with E-state index in [1.54, 1.807) is 12.3 Å². The SMILES string of the molecule is N#Cc1ccnc(N2CCCC3(CCN([C@H]4CC[C@@H](O)CC4)C3=O)C2)c1. The van der Waals surface area contributed by atoms with Crippen LogP contribution in [0.1, 0.15) is 50.5 Å². The lowest BCUT2D eigenvalue weighted by Crippen LogP contribution is -2.50. The Labute approximate surface area is 154 Å². The number of carbonyl (C=O) groups excluding carboxylic acids is 1. The number of carbonyl (C=O) groups is 1. The molecule has 6 heteroatoms. The third-order valence-electron chi connectivity index (χ3n) is 6.43. The second-order valence-corrected chi connectivity index (χ2v) is 8.03. The van der Waals surface area contributed by atoms with Gasteiger partial charge >= 0.3 is 0 Å². The summed E-state index contributed by atoms with van der Waals surface area (Å²) in [6.07, 6.45) is 7.73. The van der Waals surface area contributed by atoms with E-state index in [0.29, 0.717) is 24.1 Å². The van der Waals surface area contributed by atoms with E-state index in [-0.39, 0.29) is 11.5 Å². The normalized spacial score (nSPS) is 32.1. The van der Waals surface area contributed by atoms with E-state index in [1.807, 2.05) is 6.07 Å². The van der Waals surface area contributed by atoms with Crippen molar-refractivity contribution in [1.82, 2.24) is 9.88 Å². The molecule has 1 saturated carbocycles. The number of nitrogens with zero attached hydrogens (tertiary/aromatic N) is 4. The Morgan fingerprint density at radius 3 is 2.81 bits per heavy atom. The first kappa shape index (κ1) is 17.3. The third-order valence-corrected chi connectivity index (χ3v) is 6.43. The van der Waals surface area contributed by atoms with Gasteiger partial charge in [-0.25, -0.2) is 4.98 Å². The van der Waals surface area contributed by atoms with Crippen LogP contribution in [0.4, 0.5) is 5.82 Å². The van der Waals surface area contributed by atoms with Crippen molar-refractivity contribution in [2.24, 2.45) is 5.41 Å². The van der Waals surface area contributed by atoms with E-state index in [0.717, 1.165) is 63.9 Å². The molecule has 0 bridgehead atoms. The van der Waals surface area contributed by atoms with E-state index in [4.69, 9.17) is 5.26 Å². The molecule has 1 aliphatic carbocycles. The lowest BCUT2D eigenvalue weighted by molar-refractivity contribution is -0.139. The van der Waals surface area contributed by atoms with Gasteiger partial charge in [0.2, 0.25) is 5.91 Å². The van der Waals surface area contributed by atoms with Gasteiger partial charge in [0.05, 0.1) is 23.2 Å². The Hall–Kier alpha value is -2.13. The molecule has 1 atom stereocenters. The molecule has 2 saturated heterocycles. The van der Waals surface area contributed by atoms with Crippen molar-refractivity contribution in [3.05, 3.63) is 23.9 Å². The molecule has 1 aromatic rings. The quantitative estimate of drug-likeness (QED) is 0.879. The van der Waals surface area contributed by atoms with Crippen molar-refractivity contribution < 1.29 is 9.90 Å². The highest BCUT2D eigenvalue weighted by atomic mass is 16.3. The van der Waals surface area contributed by atoms with Gasteiger partial charge < -0.3 is 14.9 Å². The Balaban J connectivity index is 1.50. The van der Waals surface area contributed by atoms with Crippen LogP contribution in [-0.2, 0) is 4.79 Å². The summed E-state index contributed by atoms with van der Waals surface area (Å²) < 4.78 is 0. The molecule has 1 unspecified atom stereocenters. The van der Waals surface area contributed by atoms with Crippen molar-refractivity contribution in [2.75, 3.05) is 24.5 Å². The maximum absolute atomic E-state index is 13.3. The van der Waals surface area contributed by atoms with E-state index in [9.17, 15) is 9.90 Å². The lowest BCUT2D eigenvalue weighted by Gasteiger charge is -2.41. The monoisotopic (exact) mass is 354 g/mol. The zero-order valence-electron chi connectivity index (χ0n) is 15.1. The molecule has 1 aromatic heterocycles. The van der Waals surface area contributed by atoms with E-state index in [1.165, 1.54) is 0 Å². The predicted octanol–water partition coefficient (Wildman–Crippen LogP) is 2.08. The molecule has 0 radical (unpaired) electrons.